The van der Waals surface area contributed by atoms with Crippen LogP contribution in [0.4, 0.5) is 0 Å². The molecule has 18 heavy (non-hydrogen) atoms. The highest BCUT2D eigenvalue weighted by molar-refractivity contribution is 5.19. The molecule has 0 radical (unpaired) electrons. The average molecular weight is 244 g/mol. The summed E-state index contributed by atoms with van der Waals surface area (Å²) in [5.74, 6) is 0. The third kappa shape index (κ3) is 4.89. The van der Waals surface area contributed by atoms with Gasteiger partial charge in [-0.25, -0.2) is 0 Å². The van der Waals surface area contributed by atoms with Crippen molar-refractivity contribution in [3.8, 4) is 6.07 Å². The molecule has 1 aromatic carbocycles. The predicted octanol–water partition coefficient (Wildman–Crippen LogP) is 4.20. The number of nitrogens with zero attached hydrogens (tertiary/aromatic N) is 1. The summed E-state index contributed by atoms with van der Waals surface area (Å²) >= 11 is 0. The lowest BCUT2D eigenvalue weighted by Crippen LogP contribution is -2.32. The number of rotatable bonds is 8. The van der Waals surface area contributed by atoms with Gasteiger partial charge in [0.15, 0.2) is 0 Å². The molecule has 0 aliphatic rings. The molecule has 2 atom stereocenters. The van der Waals surface area contributed by atoms with E-state index in [-0.39, 0.29) is 0 Å². The Morgan fingerprint density at radius 2 is 1.94 bits per heavy atom. The molecule has 2 heteroatoms. The van der Waals surface area contributed by atoms with E-state index in [0.29, 0.717) is 18.5 Å². The fourth-order valence-electron chi connectivity index (χ4n) is 2.16. The van der Waals surface area contributed by atoms with Crippen LogP contribution in [-0.2, 0) is 0 Å². The van der Waals surface area contributed by atoms with Crippen LogP contribution in [0.5, 0.6) is 0 Å². The van der Waals surface area contributed by atoms with Gasteiger partial charge in [0.1, 0.15) is 0 Å². The van der Waals surface area contributed by atoms with Gasteiger partial charge in [-0.15, -0.1) is 0 Å². The Morgan fingerprint density at radius 3 is 2.50 bits per heavy atom. The molecule has 2 unspecified atom stereocenters. The van der Waals surface area contributed by atoms with Crippen molar-refractivity contribution in [3.05, 3.63) is 35.9 Å². The van der Waals surface area contributed by atoms with E-state index in [1.165, 1.54) is 18.4 Å². The zero-order chi connectivity index (χ0) is 13.2. The predicted molar refractivity (Wildman–Crippen MR) is 76.2 cm³/mol. The zero-order valence-corrected chi connectivity index (χ0v) is 11.5. The number of benzene rings is 1. The second kappa shape index (κ2) is 8.72. The van der Waals surface area contributed by atoms with E-state index in [4.69, 9.17) is 5.26 Å². The van der Waals surface area contributed by atoms with E-state index < -0.39 is 0 Å². The molecule has 0 aliphatic carbocycles. The van der Waals surface area contributed by atoms with E-state index >= 15 is 0 Å². The van der Waals surface area contributed by atoms with Gasteiger partial charge in [-0.05, 0) is 18.4 Å². The molecule has 0 bridgehead atoms. The molecule has 1 aromatic rings. The largest absolute Gasteiger partial charge is 0.306 e. The number of hydrogen-bond donors (Lipinski definition) is 1. The Labute approximate surface area is 111 Å². The lowest BCUT2D eigenvalue weighted by atomic mass is 9.99. The Bertz CT molecular complexity index is 353. The molecular formula is C16H24N2. The molecule has 1 N–H and O–H groups in total. The van der Waals surface area contributed by atoms with Gasteiger partial charge >= 0.3 is 0 Å². The van der Waals surface area contributed by atoms with Gasteiger partial charge in [-0.1, -0.05) is 57.0 Å². The molecule has 1 rings (SSSR count). The molecule has 0 aromatic heterocycles. The summed E-state index contributed by atoms with van der Waals surface area (Å²) < 4.78 is 0. The number of hydrogen-bond acceptors (Lipinski definition) is 2. The van der Waals surface area contributed by atoms with Crippen molar-refractivity contribution in [2.45, 2.75) is 58.0 Å². The lowest BCUT2D eigenvalue weighted by Gasteiger charge is -2.24. The molecule has 0 saturated heterocycles. The molecule has 0 aliphatic heterocycles. The smallest absolute Gasteiger partial charge is 0.0638 e. The maximum Gasteiger partial charge on any atom is 0.0638 e. The van der Waals surface area contributed by atoms with Crippen molar-refractivity contribution in [3.63, 3.8) is 0 Å². The molecule has 0 amide bonds. The van der Waals surface area contributed by atoms with Crippen LogP contribution in [0, 0.1) is 11.3 Å². The first-order chi connectivity index (χ1) is 8.81. The molecule has 98 valence electrons. The normalized spacial score (nSPS) is 13.8. The Balaban J connectivity index is 2.69. The first-order valence-electron chi connectivity index (χ1n) is 6.99. The van der Waals surface area contributed by atoms with Gasteiger partial charge in [0, 0.05) is 12.1 Å². The average Bonchev–Trinajstić information content (AvgIpc) is 2.43. The van der Waals surface area contributed by atoms with Crippen LogP contribution in [0.2, 0.25) is 0 Å². The standard InChI is InChI=1S/C16H24N2/c1-3-5-11-16(14-9-7-6-8-10-14)18-15(4-2)12-13-17/h6-10,15-16,18H,3-5,11-12H2,1-2H3. The van der Waals surface area contributed by atoms with Gasteiger partial charge in [0.25, 0.3) is 0 Å². The second-order valence-electron chi connectivity index (χ2n) is 4.74. The van der Waals surface area contributed by atoms with E-state index in [1.54, 1.807) is 0 Å². The van der Waals surface area contributed by atoms with E-state index in [1.807, 2.05) is 6.07 Å². The van der Waals surface area contributed by atoms with Crippen LogP contribution in [0.15, 0.2) is 30.3 Å². The lowest BCUT2D eigenvalue weighted by molar-refractivity contribution is 0.402. The topological polar surface area (TPSA) is 35.8 Å². The van der Waals surface area contributed by atoms with Crippen LogP contribution in [0.1, 0.15) is 57.6 Å². The molecule has 0 fully saturated rings. The highest BCUT2D eigenvalue weighted by atomic mass is 14.9. The van der Waals surface area contributed by atoms with Crippen molar-refractivity contribution in [1.29, 1.82) is 5.26 Å². The molecule has 0 spiro atoms. The fraction of sp³-hybridized carbons (Fsp3) is 0.562. The van der Waals surface area contributed by atoms with E-state index in [2.05, 4.69) is 49.5 Å². The van der Waals surface area contributed by atoms with Crippen molar-refractivity contribution >= 4 is 0 Å². The maximum atomic E-state index is 8.84. The van der Waals surface area contributed by atoms with Crippen LogP contribution < -0.4 is 5.32 Å². The summed E-state index contributed by atoms with van der Waals surface area (Å²) in [4.78, 5) is 0. The second-order valence-corrected chi connectivity index (χ2v) is 4.74. The zero-order valence-electron chi connectivity index (χ0n) is 11.5. The molecule has 0 heterocycles. The monoisotopic (exact) mass is 244 g/mol. The fourth-order valence-corrected chi connectivity index (χ4v) is 2.16. The summed E-state index contributed by atoms with van der Waals surface area (Å²) in [5.41, 5.74) is 1.34. The Morgan fingerprint density at radius 1 is 1.22 bits per heavy atom. The minimum atomic E-state index is 0.303. The van der Waals surface area contributed by atoms with E-state index in [0.717, 1.165) is 12.8 Å². The molecular weight excluding hydrogens is 220 g/mol. The summed E-state index contributed by atoms with van der Waals surface area (Å²) in [6, 6.07) is 13.5. The van der Waals surface area contributed by atoms with Crippen LogP contribution in [0.3, 0.4) is 0 Å². The van der Waals surface area contributed by atoms with Crippen molar-refractivity contribution in [2.75, 3.05) is 0 Å². The van der Waals surface area contributed by atoms with Crippen molar-refractivity contribution in [1.82, 2.24) is 5.32 Å². The molecule has 2 nitrogen and oxygen atoms in total. The van der Waals surface area contributed by atoms with Crippen LogP contribution in [0.25, 0.3) is 0 Å². The number of nitrogens with one attached hydrogen (secondary N) is 1. The number of nitriles is 1. The first-order valence-corrected chi connectivity index (χ1v) is 6.99. The van der Waals surface area contributed by atoms with Gasteiger partial charge in [-0.2, -0.15) is 5.26 Å². The third-order valence-corrected chi connectivity index (χ3v) is 3.32. The van der Waals surface area contributed by atoms with Gasteiger partial charge < -0.3 is 5.32 Å². The van der Waals surface area contributed by atoms with Gasteiger partial charge in [-0.3, -0.25) is 0 Å². The maximum absolute atomic E-state index is 8.84. The quantitative estimate of drug-likeness (QED) is 0.744. The highest BCUT2D eigenvalue weighted by Crippen LogP contribution is 2.20. The summed E-state index contributed by atoms with van der Waals surface area (Å²) in [6.45, 7) is 4.35. The summed E-state index contributed by atoms with van der Waals surface area (Å²) in [5, 5.41) is 12.5. The minimum Gasteiger partial charge on any atom is -0.306 e. The Kier molecular flexibility index (Phi) is 7.13. The van der Waals surface area contributed by atoms with Crippen LogP contribution in [-0.4, -0.2) is 6.04 Å². The first kappa shape index (κ1) is 14.7. The van der Waals surface area contributed by atoms with Crippen molar-refractivity contribution < 1.29 is 0 Å². The van der Waals surface area contributed by atoms with Crippen molar-refractivity contribution in [2.24, 2.45) is 0 Å². The van der Waals surface area contributed by atoms with Gasteiger partial charge in [0.2, 0.25) is 0 Å². The molecule has 0 saturated carbocycles. The van der Waals surface area contributed by atoms with Crippen LogP contribution >= 0.6 is 0 Å². The highest BCUT2D eigenvalue weighted by Gasteiger charge is 2.15. The summed E-state index contributed by atoms with van der Waals surface area (Å²) in [6.07, 6.45) is 5.16. The minimum absolute atomic E-state index is 0.303. The number of unbranched alkanes of at least 4 members (excludes halogenated alkanes) is 1. The summed E-state index contributed by atoms with van der Waals surface area (Å²) in [7, 11) is 0. The SMILES string of the molecule is CCCCC(NC(CC)CC#N)c1ccccc1. The van der Waals surface area contributed by atoms with E-state index in [9.17, 15) is 0 Å². The van der Waals surface area contributed by atoms with Gasteiger partial charge in [0.05, 0.1) is 12.5 Å². The Hall–Kier alpha value is -1.33. The third-order valence-electron chi connectivity index (χ3n) is 3.32.